The first-order valence-corrected chi connectivity index (χ1v) is 5.69. The molecule has 5 heteroatoms. The number of hydrogen-bond donors (Lipinski definition) is 1. The first kappa shape index (κ1) is 10.5. The monoisotopic (exact) mass is 200 g/mol. The van der Waals surface area contributed by atoms with Crippen LogP contribution in [0.4, 0.5) is 0 Å². The average molecular weight is 201 g/mol. The van der Waals surface area contributed by atoms with Crippen LogP contribution in [0.5, 0.6) is 0 Å². The second-order valence-electron chi connectivity index (χ2n) is 1.93. The normalized spacial score (nSPS) is 16.3. The summed E-state index contributed by atoms with van der Waals surface area (Å²) in [5.41, 5.74) is 0. The molecule has 60 valence electrons. The lowest BCUT2D eigenvalue weighted by molar-refractivity contribution is -0.139. The van der Waals surface area contributed by atoms with E-state index >= 15 is 0 Å². The molecule has 0 heterocycles. The van der Waals surface area contributed by atoms with Gasteiger partial charge >= 0.3 is 5.97 Å². The summed E-state index contributed by atoms with van der Waals surface area (Å²) in [5.74, 6) is -0.541. The van der Waals surface area contributed by atoms with Crippen molar-refractivity contribution >= 4 is 39.2 Å². The van der Waals surface area contributed by atoms with Gasteiger partial charge in [0.25, 0.3) is 0 Å². The lowest BCUT2D eigenvalue weighted by Crippen LogP contribution is -2.30. The molecular formula is C5H9ClO2S2. The number of hydrogen-bond acceptors (Lipinski definition) is 3. The van der Waals surface area contributed by atoms with Gasteiger partial charge in [-0.3, -0.25) is 4.79 Å². The van der Waals surface area contributed by atoms with Crippen molar-refractivity contribution < 1.29 is 9.90 Å². The number of halogens is 1. The van der Waals surface area contributed by atoms with E-state index in [1.54, 1.807) is 0 Å². The van der Waals surface area contributed by atoms with Crippen LogP contribution in [0.1, 0.15) is 6.92 Å². The molecule has 0 fully saturated rings. The summed E-state index contributed by atoms with van der Waals surface area (Å²) in [4.78, 5) is 9.25. The van der Waals surface area contributed by atoms with Crippen molar-refractivity contribution in [2.24, 2.45) is 0 Å². The highest BCUT2D eigenvalue weighted by Gasteiger charge is 2.29. The Kier molecular flexibility index (Phi) is 4.56. The van der Waals surface area contributed by atoms with Crippen molar-refractivity contribution in [3.63, 3.8) is 0 Å². The molecule has 0 aromatic heterocycles. The fourth-order valence-corrected chi connectivity index (χ4v) is 2.11. The molecule has 10 heavy (non-hydrogen) atoms. The van der Waals surface area contributed by atoms with Gasteiger partial charge in [0, 0.05) is 5.75 Å². The van der Waals surface area contributed by atoms with E-state index in [2.05, 4.69) is 0 Å². The number of carboxylic acid groups (broad SMARTS) is 1. The molecule has 0 rings (SSSR count). The van der Waals surface area contributed by atoms with Crippen molar-refractivity contribution in [2.75, 3.05) is 12.0 Å². The Morgan fingerprint density at radius 1 is 1.80 bits per heavy atom. The maximum atomic E-state index is 10.4. The number of carboxylic acids is 1. The minimum Gasteiger partial charge on any atom is -0.480 e. The van der Waals surface area contributed by atoms with Crippen LogP contribution in [0, 0.1) is 0 Å². The minimum absolute atomic E-state index is 0.422. The maximum absolute atomic E-state index is 10.4. The van der Waals surface area contributed by atoms with Gasteiger partial charge in [0.05, 0.1) is 0 Å². The van der Waals surface area contributed by atoms with E-state index in [-0.39, 0.29) is 0 Å². The van der Waals surface area contributed by atoms with Crippen LogP contribution >= 0.6 is 33.2 Å². The molecule has 1 atom stereocenters. The Bertz CT molecular complexity index is 127. The highest BCUT2D eigenvalue weighted by molar-refractivity contribution is 8.76. The van der Waals surface area contributed by atoms with Gasteiger partial charge in [-0.2, -0.15) is 0 Å². The molecule has 0 amide bonds. The molecule has 0 radical (unpaired) electrons. The summed E-state index contributed by atoms with van der Waals surface area (Å²) in [6, 6.07) is 0. The zero-order chi connectivity index (χ0) is 8.20. The lowest BCUT2D eigenvalue weighted by Gasteiger charge is -2.13. The summed E-state index contributed by atoms with van der Waals surface area (Å²) in [6.45, 7) is 1.50. The summed E-state index contributed by atoms with van der Waals surface area (Å²) in [6.07, 6.45) is 1.89. The topological polar surface area (TPSA) is 37.3 Å². The smallest absolute Gasteiger partial charge is 0.325 e. The second-order valence-corrected chi connectivity index (χ2v) is 5.33. The Morgan fingerprint density at radius 3 is 2.60 bits per heavy atom. The Balaban J connectivity index is 3.75. The van der Waals surface area contributed by atoms with Gasteiger partial charge in [-0.25, -0.2) is 0 Å². The number of rotatable bonds is 4. The highest BCUT2D eigenvalue weighted by atomic mass is 35.5. The lowest BCUT2D eigenvalue weighted by atomic mass is 10.2. The van der Waals surface area contributed by atoms with E-state index in [0.29, 0.717) is 5.75 Å². The first-order valence-electron chi connectivity index (χ1n) is 2.58. The second kappa shape index (κ2) is 4.36. The molecule has 0 aliphatic heterocycles. The van der Waals surface area contributed by atoms with Crippen molar-refractivity contribution in [1.82, 2.24) is 0 Å². The van der Waals surface area contributed by atoms with Crippen molar-refractivity contribution in [1.29, 1.82) is 0 Å². The van der Waals surface area contributed by atoms with Crippen LogP contribution in [-0.4, -0.2) is 28.0 Å². The van der Waals surface area contributed by atoms with Crippen LogP contribution in [0.15, 0.2) is 0 Å². The Morgan fingerprint density at radius 2 is 2.30 bits per heavy atom. The molecule has 1 unspecified atom stereocenters. The standard InChI is InChI=1S/C5H9ClO2S2/c1-5(6,4(7)8)3-10-9-2/h3H2,1-2H3,(H,7,8). The summed E-state index contributed by atoms with van der Waals surface area (Å²) >= 11 is 5.62. The molecule has 0 saturated carbocycles. The predicted octanol–water partition coefficient (Wildman–Crippen LogP) is 2.08. The quantitative estimate of drug-likeness (QED) is 0.557. The fraction of sp³-hybridized carbons (Fsp3) is 0.800. The van der Waals surface area contributed by atoms with E-state index < -0.39 is 10.8 Å². The van der Waals surface area contributed by atoms with Crippen LogP contribution < -0.4 is 0 Å². The number of aliphatic carboxylic acids is 1. The SMILES string of the molecule is CSSCC(C)(Cl)C(=O)O. The molecule has 0 aromatic carbocycles. The van der Waals surface area contributed by atoms with Gasteiger partial charge in [0.15, 0.2) is 0 Å². The molecule has 0 bridgehead atoms. The Labute approximate surface area is 73.1 Å². The fourth-order valence-electron chi connectivity index (χ4n) is 0.231. The van der Waals surface area contributed by atoms with Crippen LogP contribution in [0.2, 0.25) is 0 Å². The van der Waals surface area contributed by atoms with E-state index in [1.807, 2.05) is 6.26 Å². The van der Waals surface area contributed by atoms with E-state index in [0.717, 1.165) is 0 Å². The zero-order valence-electron chi connectivity index (χ0n) is 5.76. The van der Waals surface area contributed by atoms with Crippen LogP contribution in [0.25, 0.3) is 0 Å². The first-order chi connectivity index (χ1) is 4.50. The average Bonchev–Trinajstić information content (AvgIpc) is 1.84. The summed E-state index contributed by atoms with van der Waals surface area (Å²) < 4.78 is 0. The molecule has 0 aliphatic carbocycles. The van der Waals surface area contributed by atoms with Crippen molar-refractivity contribution in [2.45, 2.75) is 11.8 Å². The third-order valence-corrected chi connectivity index (χ3v) is 3.34. The third-order valence-electron chi connectivity index (χ3n) is 0.894. The van der Waals surface area contributed by atoms with Crippen molar-refractivity contribution in [3.05, 3.63) is 0 Å². The zero-order valence-corrected chi connectivity index (χ0v) is 8.15. The van der Waals surface area contributed by atoms with Gasteiger partial charge in [-0.15, -0.1) is 11.6 Å². The molecule has 0 aliphatic rings. The Hall–Kier alpha value is 0.460. The summed E-state index contributed by atoms with van der Waals surface area (Å²) in [5, 5.41) is 8.51. The molecule has 0 aromatic rings. The van der Waals surface area contributed by atoms with Gasteiger partial charge in [-0.1, -0.05) is 21.6 Å². The summed E-state index contributed by atoms with van der Waals surface area (Å²) in [7, 11) is 2.96. The number of alkyl halides is 1. The predicted molar refractivity (Wildman–Crippen MR) is 47.9 cm³/mol. The van der Waals surface area contributed by atoms with Gasteiger partial charge in [-0.05, 0) is 13.2 Å². The van der Waals surface area contributed by atoms with Crippen LogP contribution in [0.3, 0.4) is 0 Å². The van der Waals surface area contributed by atoms with Crippen molar-refractivity contribution in [3.8, 4) is 0 Å². The minimum atomic E-state index is -1.12. The molecule has 0 saturated heterocycles. The maximum Gasteiger partial charge on any atom is 0.325 e. The largest absolute Gasteiger partial charge is 0.480 e. The van der Waals surface area contributed by atoms with E-state index in [9.17, 15) is 4.79 Å². The highest BCUT2D eigenvalue weighted by Crippen LogP contribution is 2.27. The van der Waals surface area contributed by atoms with Crippen LogP contribution in [-0.2, 0) is 4.79 Å². The van der Waals surface area contributed by atoms with E-state index in [1.165, 1.54) is 28.5 Å². The third kappa shape index (κ3) is 3.58. The number of carbonyl (C=O) groups is 1. The van der Waals surface area contributed by atoms with Gasteiger partial charge in [0.1, 0.15) is 4.87 Å². The molecule has 0 spiro atoms. The molecule has 1 N–H and O–H groups in total. The molecule has 2 nitrogen and oxygen atoms in total. The van der Waals surface area contributed by atoms with Gasteiger partial charge < -0.3 is 5.11 Å². The molecular weight excluding hydrogens is 192 g/mol. The van der Waals surface area contributed by atoms with E-state index in [4.69, 9.17) is 16.7 Å². The van der Waals surface area contributed by atoms with Gasteiger partial charge in [0.2, 0.25) is 0 Å².